The zero-order chi connectivity index (χ0) is 17.9. The van der Waals surface area contributed by atoms with Gasteiger partial charge in [0.05, 0.1) is 22.0 Å². The van der Waals surface area contributed by atoms with E-state index in [2.05, 4.69) is 27.1 Å². The Balaban J connectivity index is 2.00. The molecular weight excluding hydrogens is 369 g/mol. The largest absolute Gasteiger partial charge is 0.416 e. The van der Waals surface area contributed by atoms with Crippen molar-refractivity contribution in [2.45, 2.75) is 6.18 Å². The summed E-state index contributed by atoms with van der Waals surface area (Å²) in [5, 5.41) is 9.20. The molecule has 0 atom stereocenters. The van der Waals surface area contributed by atoms with Gasteiger partial charge >= 0.3 is 6.18 Å². The number of anilines is 1. The highest BCUT2D eigenvalue weighted by Crippen LogP contribution is 2.33. The molecule has 0 aromatic heterocycles. The van der Waals surface area contributed by atoms with E-state index in [-0.39, 0.29) is 27.3 Å². The van der Waals surface area contributed by atoms with E-state index >= 15 is 0 Å². The van der Waals surface area contributed by atoms with E-state index in [1.165, 1.54) is 0 Å². The fraction of sp³-hybridized carbons (Fsp3) is 0.154. The van der Waals surface area contributed by atoms with Crippen LogP contribution in [0.25, 0.3) is 0 Å². The first-order valence-corrected chi connectivity index (χ1v) is 7.56. The van der Waals surface area contributed by atoms with Crippen molar-refractivity contribution in [3.8, 4) is 0 Å². The van der Waals surface area contributed by atoms with Crippen LogP contribution in [0.5, 0.6) is 0 Å². The molecule has 1 aliphatic rings. The topological polar surface area (TPSA) is 83.2 Å². The van der Waals surface area contributed by atoms with Crippen LogP contribution in [0, 0.1) is 0 Å². The lowest BCUT2D eigenvalue weighted by molar-refractivity contribution is -0.137. The summed E-state index contributed by atoms with van der Waals surface area (Å²) in [6, 6.07) is 2.58. The number of amides is 2. The van der Waals surface area contributed by atoms with Crippen molar-refractivity contribution in [2.75, 3.05) is 11.1 Å². The van der Waals surface area contributed by atoms with Gasteiger partial charge in [0.1, 0.15) is 5.70 Å². The van der Waals surface area contributed by atoms with Crippen molar-refractivity contribution in [1.82, 2.24) is 0 Å². The predicted octanol–water partition coefficient (Wildman–Crippen LogP) is 3.89. The van der Waals surface area contributed by atoms with E-state index in [0.29, 0.717) is 0 Å². The number of rotatable bonds is 3. The highest BCUT2D eigenvalue weighted by Gasteiger charge is 2.31. The Morgan fingerprint density at radius 2 is 2.04 bits per heavy atom. The van der Waals surface area contributed by atoms with Gasteiger partial charge in [-0.1, -0.05) is 29.9 Å². The maximum Gasteiger partial charge on any atom is 0.416 e. The summed E-state index contributed by atoms with van der Waals surface area (Å²) >= 11 is 6.57. The van der Waals surface area contributed by atoms with E-state index < -0.39 is 23.6 Å². The number of hydrogen-bond donors (Lipinski definition) is 1. The molecule has 11 heteroatoms. The van der Waals surface area contributed by atoms with Crippen LogP contribution in [0.1, 0.15) is 5.56 Å². The molecule has 0 fully saturated rings. The first-order chi connectivity index (χ1) is 11.2. The van der Waals surface area contributed by atoms with Crippen LogP contribution in [0.3, 0.4) is 0 Å². The Kier molecular flexibility index (Phi) is 5.40. The summed E-state index contributed by atoms with van der Waals surface area (Å²) in [4.78, 5) is 26.6. The zero-order valence-electron chi connectivity index (χ0n) is 11.7. The third-order valence-corrected chi connectivity index (χ3v) is 3.77. The number of amidine groups is 1. The molecule has 0 bridgehead atoms. The van der Waals surface area contributed by atoms with Gasteiger partial charge in [-0.05, 0) is 18.2 Å². The second-order valence-electron chi connectivity index (χ2n) is 4.38. The Bertz CT molecular complexity index is 777. The quantitative estimate of drug-likeness (QED) is 0.812. The minimum atomic E-state index is -4.56. The molecule has 0 saturated carbocycles. The molecule has 1 aliphatic heterocycles. The third-order valence-electron chi connectivity index (χ3n) is 2.60. The highest BCUT2D eigenvalue weighted by atomic mass is 35.5. The smallest absolute Gasteiger partial charge is 0.324 e. The van der Waals surface area contributed by atoms with E-state index in [1.807, 2.05) is 0 Å². The fourth-order valence-electron chi connectivity index (χ4n) is 1.49. The normalized spacial score (nSPS) is 14.6. The van der Waals surface area contributed by atoms with Gasteiger partial charge in [-0.3, -0.25) is 9.59 Å². The van der Waals surface area contributed by atoms with Crippen LogP contribution in [0.2, 0.25) is 5.02 Å². The fourth-order valence-corrected chi connectivity index (χ4v) is 2.24. The molecule has 6 nitrogen and oxygen atoms in total. The number of hydrogen-bond acceptors (Lipinski definition) is 5. The van der Waals surface area contributed by atoms with Gasteiger partial charge < -0.3 is 5.32 Å². The standard InChI is InChI=1S/C13H8ClF3N4O2S/c1-6-11(23)19-12(21-20-6)24-5-10(22)18-9-4-7(13(15,16)17)2-3-8(9)14/h2-4H,1,5H2,(H,18,22). The Morgan fingerprint density at radius 1 is 1.33 bits per heavy atom. The number of aliphatic imine (C=N–C) groups is 1. The summed E-state index contributed by atoms with van der Waals surface area (Å²) in [5.41, 5.74) is -1.24. The predicted molar refractivity (Wildman–Crippen MR) is 84.0 cm³/mol. The van der Waals surface area contributed by atoms with Gasteiger partial charge in [0.2, 0.25) is 11.1 Å². The number of alkyl halides is 3. The Labute approximate surface area is 142 Å². The number of halogens is 4. The number of azo groups is 1. The lowest BCUT2D eigenvalue weighted by Gasteiger charge is -2.11. The lowest BCUT2D eigenvalue weighted by Crippen LogP contribution is -2.17. The summed E-state index contributed by atoms with van der Waals surface area (Å²) in [6.45, 7) is 3.31. The number of benzene rings is 1. The Hall–Kier alpha value is -2.20. The zero-order valence-corrected chi connectivity index (χ0v) is 13.3. The Morgan fingerprint density at radius 3 is 2.67 bits per heavy atom. The SMILES string of the molecule is C=C1N=NC(SCC(=O)Nc2cc(C(F)(F)F)ccc2Cl)=NC1=O. The van der Waals surface area contributed by atoms with Crippen molar-refractivity contribution in [3.63, 3.8) is 0 Å². The monoisotopic (exact) mass is 376 g/mol. The van der Waals surface area contributed by atoms with Crippen LogP contribution in [0.15, 0.2) is 45.7 Å². The molecule has 1 aromatic rings. The van der Waals surface area contributed by atoms with Crippen LogP contribution < -0.4 is 5.32 Å². The van der Waals surface area contributed by atoms with Crippen LogP contribution in [-0.4, -0.2) is 22.7 Å². The molecule has 0 aliphatic carbocycles. The van der Waals surface area contributed by atoms with E-state index in [1.54, 1.807) is 0 Å². The van der Waals surface area contributed by atoms with Crippen LogP contribution in [0.4, 0.5) is 18.9 Å². The molecule has 2 amide bonds. The molecule has 0 unspecified atom stereocenters. The average molecular weight is 377 g/mol. The van der Waals surface area contributed by atoms with Crippen LogP contribution in [-0.2, 0) is 15.8 Å². The number of carbonyl (C=O) groups is 2. The van der Waals surface area contributed by atoms with Gasteiger partial charge in [0.15, 0.2) is 0 Å². The van der Waals surface area contributed by atoms with Gasteiger partial charge in [0, 0.05) is 0 Å². The second-order valence-corrected chi connectivity index (χ2v) is 5.73. The second kappa shape index (κ2) is 7.14. The first kappa shape index (κ1) is 18.1. The number of nitrogens with zero attached hydrogens (tertiary/aromatic N) is 3. The summed E-state index contributed by atoms with van der Waals surface area (Å²) < 4.78 is 38.0. The molecule has 0 spiro atoms. The van der Waals surface area contributed by atoms with Crippen molar-refractivity contribution in [2.24, 2.45) is 15.2 Å². The van der Waals surface area contributed by atoms with E-state index in [0.717, 1.165) is 30.0 Å². The number of thioether (sulfide) groups is 1. The molecular formula is C13H8ClF3N4O2S. The average Bonchev–Trinajstić information content (AvgIpc) is 2.49. The molecule has 1 N–H and O–H groups in total. The van der Waals surface area contributed by atoms with Gasteiger partial charge in [-0.25, -0.2) is 0 Å². The van der Waals surface area contributed by atoms with Crippen molar-refractivity contribution in [3.05, 3.63) is 41.1 Å². The number of nitrogens with one attached hydrogen (secondary N) is 1. The molecule has 1 aromatic carbocycles. The molecule has 0 radical (unpaired) electrons. The summed E-state index contributed by atoms with van der Waals surface area (Å²) in [6.07, 6.45) is -4.56. The van der Waals surface area contributed by atoms with Crippen LogP contribution >= 0.6 is 23.4 Å². The summed E-state index contributed by atoms with van der Waals surface area (Å²) in [5.74, 6) is -1.56. The lowest BCUT2D eigenvalue weighted by atomic mass is 10.2. The molecule has 24 heavy (non-hydrogen) atoms. The first-order valence-electron chi connectivity index (χ1n) is 6.20. The van der Waals surface area contributed by atoms with E-state index in [4.69, 9.17) is 11.6 Å². The highest BCUT2D eigenvalue weighted by molar-refractivity contribution is 8.14. The van der Waals surface area contributed by atoms with Crippen molar-refractivity contribution >= 4 is 46.0 Å². The van der Waals surface area contributed by atoms with Gasteiger partial charge in [-0.15, -0.1) is 10.2 Å². The number of carbonyl (C=O) groups excluding carboxylic acids is 2. The van der Waals surface area contributed by atoms with Gasteiger partial charge in [-0.2, -0.15) is 18.2 Å². The van der Waals surface area contributed by atoms with Gasteiger partial charge in [0.25, 0.3) is 5.91 Å². The summed E-state index contributed by atoms with van der Waals surface area (Å²) in [7, 11) is 0. The maximum atomic E-state index is 12.7. The minimum Gasteiger partial charge on any atom is -0.324 e. The molecule has 2 rings (SSSR count). The molecule has 126 valence electrons. The molecule has 0 saturated heterocycles. The van der Waals surface area contributed by atoms with Crippen molar-refractivity contribution < 1.29 is 22.8 Å². The minimum absolute atomic E-state index is 0.0393. The van der Waals surface area contributed by atoms with E-state index in [9.17, 15) is 22.8 Å². The maximum absolute atomic E-state index is 12.7. The van der Waals surface area contributed by atoms with Crippen molar-refractivity contribution in [1.29, 1.82) is 0 Å². The third kappa shape index (κ3) is 4.65. The molecule has 1 heterocycles.